The quantitative estimate of drug-likeness (QED) is 0.751. The number of nitrogens with zero attached hydrogens (tertiary/aromatic N) is 5. The van der Waals surface area contributed by atoms with Crippen molar-refractivity contribution in [3.05, 3.63) is 48.0 Å². The Bertz CT molecular complexity index is 973. The van der Waals surface area contributed by atoms with Crippen LogP contribution in [0, 0.1) is 0 Å². The molecular formula is C20H22N6O2. The molecule has 4 rings (SSSR count). The average molecular weight is 378 g/mol. The van der Waals surface area contributed by atoms with Gasteiger partial charge in [0.1, 0.15) is 5.75 Å². The summed E-state index contributed by atoms with van der Waals surface area (Å²) in [6.07, 6.45) is 0.905. The highest BCUT2D eigenvalue weighted by Crippen LogP contribution is 2.34. The first-order chi connectivity index (χ1) is 13.7. The van der Waals surface area contributed by atoms with E-state index in [2.05, 4.69) is 31.6 Å². The number of tetrazole rings is 1. The van der Waals surface area contributed by atoms with Gasteiger partial charge in [-0.1, -0.05) is 18.2 Å². The normalized spacial score (nSPS) is 13.8. The fourth-order valence-corrected chi connectivity index (χ4v) is 3.64. The zero-order valence-electron chi connectivity index (χ0n) is 15.9. The predicted molar refractivity (Wildman–Crippen MR) is 106 cm³/mol. The molecule has 8 nitrogen and oxygen atoms in total. The lowest BCUT2D eigenvalue weighted by molar-refractivity contribution is -0.116. The third-order valence-corrected chi connectivity index (χ3v) is 4.93. The molecule has 0 radical (unpaired) electrons. The number of rotatable bonds is 4. The monoisotopic (exact) mass is 378 g/mol. The van der Waals surface area contributed by atoms with Crippen LogP contribution in [-0.2, 0) is 11.3 Å². The highest BCUT2D eigenvalue weighted by molar-refractivity contribution is 5.95. The molecule has 2 heterocycles. The predicted octanol–water partition coefficient (Wildman–Crippen LogP) is 2.64. The molecule has 0 saturated heterocycles. The molecule has 0 bridgehead atoms. The van der Waals surface area contributed by atoms with Gasteiger partial charge in [-0.2, -0.15) is 5.21 Å². The second-order valence-electron chi connectivity index (χ2n) is 6.70. The van der Waals surface area contributed by atoms with Crippen molar-refractivity contribution in [1.29, 1.82) is 0 Å². The summed E-state index contributed by atoms with van der Waals surface area (Å²) in [5.41, 5.74) is 3.92. The summed E-state index contributed by atoms with van der Waals surface area (Å²) in [5, 5.41) is 14.3. The van der Waals surface area contributed by atoms with E-state index in [0.717, 1.165) is 42.0 Å². The van der Waals surface area contributed by atoms with Crippen LogP contribution in [0.3, 0.4) is 0 Å². The summed E-state index contributed by atoms with van der Waals surface area (Å²) in [7, 11) is 1.62. The number of carbonyl (C=O) groups is 1. The maximum Gasteiger partial charge on any atom is 0.223 e. The molecular weight excluding hydrogens is 356 g/mol. The number of amides is 1. The van der Waals surface area contributed by atoms with Crippen molar-refractivity contribution in [3.63, 3.8) is 0 Å². The van der Waals surface area contributed by atoms with Crippen LogP contribution in [0.15, 0.2) is 42.5 Å². The van der Waals surface area contributed by atoms with Gasteiger partial charge >= 0.3 is 0 Å². The number of hydrogen-bond donors (Lipinski definition) is 1. The lowest BCUT2D eigenvalue weighted by Crippen LogP contribution is -2.28. The number of fused-ring (bicyclic) bond motifs is 1. The Balaban J connectivity index is 1.68. The van der Waals surface area contributed by atoms with Gasteiger partial charge in [0.05, 0.1) is 24.0 Å². The number of H-pyrrole nitrogens is 1. The maximum atomic E-state index is 12.1. The minimum absolute atomic E-state index is 0.0677. The Hall–Kier alpha value is -3.42. The first-order valence-corrected chi connectivity index (χ1v) is 9.20. The van der Waals surface area contributed by atoms with Crippen LogP contribution in [0.2, 0.25) is 0 Å². The molecule has 1 aliphatic rings. The number of benzene rings is 2. The van der Waals surface area contributed by atoms with Gasteiger partial charge in [0.2, 0.25) is 11.7 Å². The molecule has 0 atom stereocenters. The number of aromatic nitrogens is 4. The molecule has 1 N–H and O–H groups in total. The van der Waals surface area contributed by atoms with Crippen molar-refractivity contribution in [3.8, 4) is 17.1 Å². The molecule has 0 spiro atoms. The lowest BCUT2D eigenvalue weighted by Gasteiger charge is -2.26. The fraction of sp³-hybridized carbons (Fsp3) is 0.300. The third kappa shape index (κ3) is 3.40. The number of carbonyl (C=O) groups excluding carboxylic acids is 1. The van der Waals surface area contributed by atoms with Crippen molar-refractivity contribution in [1.82, 2.24) is 20.6 Å². The van der Waals surface area contributed by atoms with E-state index in [1.54, 1.807) is 14.0 Å². The van der Waals surface area contributed by atoms with E-state index >= 15 is 0 Å². The number of anilines is 2. The van der Waals surface area contributed by atoms with Crippen LogP contribution in [-0.4, -0.2) is 46.7 Å². The van der Waals surface area contributed by atoms with Crippen molar-refractivity contribution in [2.75, 3.05) is 30.0 Å². The van der Waals surface area contributed by atoms with E-state index in [9.17, 15) is 4.79 Å². The van der Waals surface area contributed by atoms with Gasteiger partial charge in [-0.3, -0.25) is 4.79 Å². The van der Waals surface area contributed by atoms with Gasteiger partial charge in [0.15, 0.2) is 0 Å². The van der Waals surface area contributed by atoms with Crippen LogP contribution in [0.25, 0.3) is 11.4 Å². The number of hydrogen-bond acceptors (Lipinski definition) is 6. The summed E-state index contributed by atoms with van der Waals surface area (Å²) in [4.78, 5) is 16.3. The molecule has 0 saturated carbocycles. The fourth-order valence-electron chi connectivity index (χ4n) is 3.64. The van der Waals surface area contributed by atoms with Gasteiger partial charge in [-0.25, -0.2) is 0 Å². The van der Waals surface area contributed by atoms with Crippen LogP contribution < -0.4 is 14.5 Å². The van der Waals surface area contributed by atoms with Crippen LogP contribution in [0.5, 0.6) is 5.75 Å². The Kier molecular flexibility index (Phi) is 4.92. The SMILES string of the molecule is COc1ccc(CN2CCCN(C(C)=O)c3ccccc32)cc1-c1nn[nH]n1. The highest BCUT2D eigenvalue weighted by atomic mass is 16.5. The largest absolute Gasteiger partial charge is 0.496 e. The number of nitrogens with one attached hydrogen (secondary N) is 1. The molecule has 3 aromatic rings. The van der Waals surface area contributed by atoms with Gasteiger partial charge in [0, 0.05) is 26.6 Å². The van der Waals surface area contributed by atoms with E-state index < -0.39 is 0 Å². The summed E-state index contributed by atoms with van der Waals surface area (Å²) < 4.78 is 5.45. The highest BCUT2D eigenvalue weighted by Gasteiger charge is 2.23. The maximum absolute atomic E-state index is 12.1. The molecule has 1 aliphatic heterocycles. The second kappa shape index (κ2) is 7.67. The molecule has 0 fully saturated rings. The Morgan fingerprint density at radius 3 is 2.71 bits per heavy atom. The molecule has 28 heavy (non-hydrogen) atoms. The number of aromatic amines is 1. The van der Waals surface area contributed by atoms with Crippen molar-refractivity contribution >= 4 is 17.3 Å². The Morgan fingerprint density at radius 1 is 1.18 bits per heavy atom. The van der Waals surface area contributed by atoms with Gasteiger partial charge < -0.3 is 14.5 Å². The van der Waals surface area contributed by atoms with Crippen molar-refractivity contribution in [2.24, 2.45) is 0 Å². The zero-order chi connectivity index (χ0) is 19.5. The molecule has 2 aromatic carbocycles. The van der Waals surface area contributed by atoms with E-state index in [1.165, 1.54) is 0 Å². The number of methoxy groups -OCH3 is 1. The van der Waals surface area contributed by atoms with E-state index in [0.29, 0.717) is 18.1 Å². The van der Waals surface area contributed by atoms with E-state index in [4.69, 9.17) is 4.74 Å². The molecule has 0 aliphatic carbocycles. The van der Waals surface area contributed by atoms with Crippen LogP contribution in [0.4, 0.5) is 11.4 Å². The van der Waals surface area contributed by atoms with Crippen LogP contribution in [0.1, 0.15) is 18.9 Å². The van der Waals surface area contributed by atoms with Crippen molar-refractivity contribution < 1.29 is 9.53 Å². The minimum atomic E-state index is 0.0677. The average Bonchev–Trinajstić information content (AvgIpc) is 3.18. The summed E-state index contributed by atoms with van der Waals surface area (Å²) >= 11 is 0. The van der Waals surface area contributed by atoms with Crippen molar-refractivity contribution in [2.45, 2.75) is 19.9 Å². The number of ether oxygens (including phenoxy) is 1. The lowest BCUT2D eigenvalue weighted by atomic mass is 10.1. The smallest absolute Gasteiger partial charge is 0.223 e. The molecule has 144 valence electrons. The Morgan fingerprint density at radius 2 is 2.00 bits per heavy atom. The summed E-state index contributed by atoms with van der Waals surface area (Å²) in [6, 6.07) is 14.0. The van der Waals surface area contributed by atoms with Gasteiger partial charge in [0.25, 0.3) is 0 Å². The molecule has 1 amide bonds. The van der Waals surface area contributed by atoms with E-state index in [-0.39, 0.29) is 5.91 Å². The third-order valence-electron chi connectivity index (χ3n) is 4.93. The second-order valence-corrected chi connectivity index (χ2v) is 6.70. The zero-order valence-corrected chi connectivity index (χ0v) is 15.9. The van der Waals surface area contributed by atoms with E-state index in [1.807, 2.05) is 41.3 Å². The summed E-state index contributed by atoms with van der Waals surface area (Å²) in [6.45, 7) is 3.91. The standard InChI is InChI=1S/C20H22N6O2/c1-14(27)26-11-5-10-25(17-6-3-4-7-18(17)26)13-15-8-9-19(28-2)16(12-15)20-21-23-24-22-20/h3-4,6-9,12H,5,10-11,13H2,1-2H3,(H,21,22,23,24). The van der Waals surface area contributed by atoms with Gasteiger partial charge in [-0.05, 0) is 41.5 Å². The first-order valence-electron chi connectivity index (χ1n) is 9.20. The van der Waals surface area contributed by atoms with Gasteiger partial charge in [-0.15, -0.1) is 10.2 Å². The number of para-hydroxylation sites is 2. The van der Waals surface area contributed by atoms with Crippen LogP contribution >= 0.6 is 0 Å². The minimum Gasteiger partial charge on any atom is -0.496 e. The molecule has 0 unspecified atom stereocenters. The Labute approximate surface area is 163 Å². The summed E-state index contributed by atoms with van der Waals surface area (Å²) in [5.74, 6) is 1.26. The molecule has 8 heteroatoms. The first kappa shape index (κ1) is 18.0. The topological polar surface area (TPSA) is 87.2 Å². The molecule has 1 aromatic heterocycles.